The molecule has 1 atom stereocenters. The van der Waals surface area contributed by atoms with Gasteiger partial charge in [-0.3, -0.25) is 9.69 Å². The van der Waals surface area contributed by atoms with Crippen molar-refractivity contribution in [2.24, 2.45) is 5.73 Å². The Bertz CT molecular complexity index is 136. The van der Waals surface area contributed by atoms with Gasteiger partial charge in [0.1, 0.15) is 5.78 Å². The van der Waals surface area contributed by atoms with Gasteiger partial charge in [-0.15, -0.1) is 0 Å². The van der Waals surface area contributed by atoms with Crippen LogP contribution in [0.4, 0.5) is 0 Å². The summed E-state index contributed by atoms with van der Waals surface area (Å²) in [4.78, 5) is 12.7. The molecular formula is C7H14N2O. The molecule has 0 aromatic heterocycles. The van der Waals surface area contributed by atoms with Gasteiger partial charge in [-0.2, -0.15) is 0 Å². The Kier molecular flexibility index (Phi) is 2.40. The van der Waals surface area contributed by atoms with Crippen LogP contribution >= 0.6 is 0 Å². The van der Waals surface area contributed by atoms with Gasteiger partial charge >= 0.3 is 0 Å². The normalized spacial score (nSPS) is 27.2. The molecule has 0 bridgehead atoms. The highest BCUT2D eigenvalue weighted by molar-refractivity contribution is 5.77. The summed E-state index contributed by atoms with van der Waals surface area (Å²) < 4.78 is 0. The molecule has 0 radical (unpaired) electrons. The number of ketones is 1. The first kappa shape index (κ1) is 7.69. The van der Waals surface area contributed by atoms with Gasteiger partial charge in [-0.05, 0) is 13.3 Å². The number of nitrogens with zero attached hydrogens (tertiary/aromatic N) is 1. The molecule has 3 nitrogen and oxygen atoms in total. The molecule has 1 aliphatic rings. The van der Waals surface area contributed by atoms with E-state index in [1.54, 1.807) is 6.92 Å². The maximum Gasteiger partial charge on any atom is 0.143 e. The number of carbonyl (C=O) groups excluding carboxylic acids is 1. The minimum absolute atomic E-state index is 0.231. The Balaban J connectivity index is 2.24. The lowest BCUT2D eigenvalue weighted by molar-refractivity contribution is -0.117. The van der Waals surface area contributed by atoms with E-state index in [-0.39, 0.29) is 5.78 Å². The lowest BCUT2D eigenvalue weighted by Gasteiger charge is -2.11. The van der Waals surface area contributed by atoms with Gasteiger partial charge < -0.3 is 5.73 Å². The van der Waals surface area contributed by atoms with Gasteiger partial charge in [0.2, 0.25) is 0 Å². The molecule has 10 heavy (non-hydrogen) atoms. The first-order chi connectivity index (χ1) is 4.68. The first-order valence-corrected chi connectivity index (χ1v) is 3.66. The van der Waals surface area contributed by atoms with Crippen molar-refractivity contribution >= 4 is 5.78 Å². The first-order valence-electron chi connectivity index (χ1n) is 3.66. The van der Waals surface area contributed by atoms with Crippen molar-refractivity contribution in [1.29, 1.82) is 0 Å². The number of hydrogen-bond donors (Lipinski definition) is 1. The van der Waals surface area contributed by atoms with Gasteiger partial charge in [-0.25, -0.2) is 0 Å². The van der Waals surface area contributed by atoms with Crippen LogP contribution in [0.15, 0.2) is 0 Å². The summed E-state index contributed by atoms with van der Waals surface area (Å²) in [6.07, 6.45) is 1.04. The van der Waals surface area contributed by atoms with Crippen LogP contribution in [0.5, 0.6) is 0 Å². The largest absolute Gasteiger partial charge is 0.326 e. The highest BCUT2D eigenvalue weighted by Gasteiger charge is 2.19. The monoisotopic (exact) mass is 142 g/mol. The second-order valence-corrected chi connectivity index (χ2v) is 2.99. The van der Waals surface area contributed by atoms with Crippen molar-refractivity contribution in [3.8, 4) is 0 Å². The maximum atomic E-state index is 10.6. The summed E-state index contributed by atoms with van der Waals surface area (Å²) in [7, 11) is 0. The summed E-state index contributed by atoms with van der Waals surface area (Å²) in [5.74, 6) is 0.231. The van der Waals surface area contributed by atoms with Gasteiger partial charge in [0.15, 0.2) is 0 Å². The van der Waals surface area contributed by atoms with Crippen molar-refractivity contribution in [2.75, 3.05) is 19.6 Å². The quantitative estimate of drug-likeness (QED) is 0.571. The Morgan fingerprint density at radius 3 is 2.90 bits per heavy atom. The molecule has 58 valence electrons. The van der Waals surface area contributed by atoms with Crippen LogP contribution in [0.3, 0.4) is 0 Å². The molecule has 0 aromatic rings. The van der Waals surface area contributed by atoms with Gasteiger partial charge in [0.05, 0.1) is 6.54 Å². The molecule has 1 fully saturated rings. The van der Waals surface area contributed by atoms with Gasteiger partial charge in [-0.1, -0.05) is 0 Å². The molecule has 1 heterocycles. The standard InChI is InChI=1S/C7H14N2O/c1-6(10)4-9-3-2-7(8)5-9/h7H,2-5,8H2,1H3. The van der Waals surface area contributed by atoms with Crippen LogP contribution in [-0.4, -0.2) is 36.4 Å². The maximum absolute atomic E-state index is 10.6. The fourth-order valence-electron chi connectivity index (χ4n) is 1.32. The Labute approximate surface area is 61.2 Å². The van der Waals surface area contributed by atoms with E-state index in [0.717, 1.165) is 19.5 Å². The number of nitrogens with two attached hydrogens (primary N) is 1. The van der Waals surface area contributed by atoms with E-state index in [9.17, 15) is 4.79 Å². The molecule has 0 spiro atoms. The highest BCUT2D eigenvalue weighted by atomic mass is 16.1. The zero-order valence-electron chi connectivity index (χ0n) is 6.34. The SMILES string of the molecule is CC(=O)CN1CCC(N)C1. The number of Topliss-reactive ketones (excluding diaryl/α,β-unsaturated/α-hetero) is 1. The third-order valence-electron chi connectivity index (χ3n) is 1.76. The number of likely N-dealkylation sites (tertiary alicyclic amines) is 1. The zero-order valence-corrected chi connectivity index (χ0v) is 6.34. The van der Waals surface area contributed by atoms with E-state index < -0.39 is 0 Å². The lowest BCUT2D eigenvalue weighted by Crippen LogP contribution is -2.29. The Hall–Kier alpha value is -0.410. The molecule has 0 amide bonds. The molecule has 0 saturated carbocycles. The molecule has 0 aromatic carbocycles. The van der Waals surface area contributed by atoms with Gasteiger partial charge in [0, 0.05) is 19.1 Å². The molecule has 1 saturated heterocycles. The van der Waals surface area contributed by atoms with E-state index in [2.05, 4.69) is 4.90 Å². The summed E-state index contributed by atoms with van der Waals surface area (Å²) in [5, 5.41) is 0. The zero-order chi connectivity index (χ0) is 7.56. The molecule has 1 rings (SSSR count). The lowest BCUT2D eigenvalue weighted by atomic mass is 10.3. The van der Waals surface area contributed by atoms with Crippen molar-refractivity contribution in [3.63, 3.8) is 0 Å². The number of carbonyl (C=O) groups is 1. The second-order valence-electron chi connectivity index (χ2n) is 2.99. The molecular weight excluding hydrogens is 128 g/mol. The summed E-state index contributed by atoms with van der Waals surface area (Å²) >= 11 is 0. The number of hydrogen-bond acceptors (Lipinski definition) is 3. The Morgan fingerprint density at radius 2 is 2.50 bits per heavy atom. The molecule has 1 aliphatic heterocycles. The highest BCUT2D eigenvalue weighted by Crippen LogP contribution is 2.05. The third kappa shape index (κ3) is 2.08. The van der Waals surface area contributed by atoms with E-state index in [1.807, 2.05) is 0 Å². The fourth-order valence-corrected chi connectivity index (χ4v) is 1.32. The summed E-state index contributed by atoms with van der Waals surface area (Å²) in [6, 6.07) is 0.291. The van der Waals surface area contributed by atoms with Gasteiger partial charge in [0.25, 0.3) is 0 Å². The topological polar surface area (TPSA) is 46.3 Å². The van der Waals surface area contributed by atoms with Crippen LogP contribution in [0.25, 0.3) is 0 Å². The predicted molar refractivity (Wildman–Crippen MR) is 39.7 cm³/mol. The molecule has 2 N–H and O–H groups in total. The predicted octanol–water partition coefficient (Wildman–Crippen LogP) is -0.392. The molecule has 0 aliphatic carbocycles. The van der Waals surface area contributed by atoms with Crippen LogP contribution in [0, 0.1) is 0 Å². The van der Waals surface area contributed by atoms with Crippen molar-refractivity contribution in [3.05, 3.63) is 0 Å². The number of rotatable bonds is 2. The van der Waals surface area contributed by atoms with Crippen LogP contribution in [-0.2, 0) is 4.79 Å². The minimum atomic E-state index is 0.231. The van der Waals surface area contributed by atoms with Crippen molar-refractivity contribution < 1.29 is 4.79 Å². The fraction of sp³-hybridized carbons (Fsp3) is 0.857. The van der Waals surface area contributed by atoms with Crippen LogP contribution in [0.1, 0.15) is 13.3 Å². The molecule has 1 unspecified atom stereocenters. The van der Waals surface area contributed by atoms with Crippen molar-refractivity contribution in [1.82, 2.24) is 4.90 Å². The minimum Gasteiger partial charge on any atom is -0.326 e. The summed E-state index contributed by atoms with van der Waals surface area (Å²) in [6.45, 7) is 4.07. The van der Waals surface area contributed by atoms with E-state index >= 15 is 0 Å². The van der Waals surface area contributed by atoms with E-state index in [0.29, 0.717) is 12.6 Å². The average molecular weight is 142 g/mol. The molecule has 3 heteroatoms. The average Bonchev–Trinajstić information content (AvgIpc) is 2.13. The Morgan fingerprint density at radius 1 is 1.80 bits per heavy atom. The smallest absolute Gasteiger partial charge is 0.143 e. The van der Waals surface area contributed by atoms with Crippen molar-refractivity contribution in [2.45, 2.75) is 19.4 Å². The third-order valence-corrected chi connectivity index (χ3v) is 1.76. The van der Waals surface area contributed by atoms with E-state index in [1.165, 1.54) is 0 Å². The summed E-state index contributed by atoms with van der Waals surface area (Å²) in [5.41, 5.74) is 5.65. The van der Waals surface area contributed by atoms with Crippen LogP contribution < -0.4 is 5.73 Å². The van der Waals surface area contributed by atoms with E-state index in [4.69, 9.17) is 5.73 Å². The second kappa shape index (κ2) is 3.12. The van der Waals surface area contributed by atoms with Crippen LogP contribution in [0.2, 0.25) is 0 Å².